The highest BCUT2D eigenvalue weighted by Gasteiger charge is 2.61. The third-order valence-corrected chi connectivity index (χ3v) is 7.39. The van der Waals surface area contributed by atoms with Crippen LogP contribution in [-0.4, -0.2) is 39.6 Å². The molecular formula is C26H23ClN2O4. The van der Waals surface area contributed by atoms with Crippen LogP contribution in [0.2, 0.25) is 5.02 Å². The zero-order valence-electron chi connectivity index (χ0n) is 18.3. The third-order valence-electron chi connectivity index (χ3n) is 7.06. The van der Waals surface area contributed by atoms with Crippen molar-refractivity contribution in [2.24, 2.45) is 23.7 Å². The fourth-order valence-electron chi connectivity index (χ4n) is 5.37. The molecule has 1 heterocycles. The summed E-state index contributed by atoms with van der Waals surface area (Å²) in [6.45, 7) is 3.45. The molecule has 1 aliphatic heterocycles. The number of amides is 3. The monoisotopic (exact) mass is 462 g/mol. The molecule has 2 fully saturated rings. The van der Waals surface area contributed by atoms with Gasteiger partial charge in [-0.05, 0) is 44.2 Å². The Bertz CT molecular complexity index is 1180. The van der Waals surface area contributed by atoms with Crippen LogP contribution < -0.4 is 0 Å². The van der Waals surface area contributed by atoms with Gasteiger partial charge in [0.2, 0.25) is 0 Å². The van der Waals surface area contributed by atoms with E-state index in [4.69, 9.17) is 11.6 Å². The molecule has 2 aliphatic carbocycles. The second kappa shape index (κ2) is 7.96. The third kappa shape index (κ3) is 3.32. The highest BCUT2D eigenvalue weighted by Crippen LogP contribution is 2.53. The van der Waals surface area contributed by atoms with E-state index in [1.165, 1.54) is 6.07 Å². The number of fused-ring (bicyclic) bond motifs is 5. The predicted octanol–water partition coefficient (Wildman–Crippen LogP) is 4.08. The summed E-state index contributed by atoms with van der Waals surface area (Å²) >= 11 is 6.28. The van der Waals surface area contributed by atoms with Gasteiger partial charge in [-0.2, -0.15) is 5.01 Å². The van der Waals surface area contributed by atoms with Crippen molar-refractivity contribution in [2.45, 2.75) is 26.3 Å². The number of nitrogens with zero attached hydrogens (tertiary/aromatic N) is 2. The quantitative estimate of drug-likeness (QED) is 0.381. The molecule has 1 saturated carbocycles. The number of aryl methyl sites for hydroxylation is 1. The first kappa shape index (κ1) is 21.6. The summed E-state index contributed by atoms with van der Waals surface area (Å²) in [5.74, 6) is -2.88. The molecule has 5 rings (SSSR count). The van der Waals surface area contributed by atoms with Crippen LogP contribution in [0.25, 0.3) is 0 Å². The van der Waals surface area contributed by atoms with Crippen LogP contribution in [0.5, 0.6) is 0 Å². The summed E-state index contributed by atoms with van der Waals surface area (Å²) in [6, 6.07) is 12.3. The van der Waals surface area contributed by atoms with Crippen LogP contribution in [-0.2, 0) is 9.59 Å². The van der Waals surface area contributed by atoms with E-state index in [0.29, 0.717) is 5.56 Å². The zero-order chi connectivity index (χ0) is 23.4. The molecule has 0 N–H and O–H groups in total. The van der Waals surface area contributed by atoms with Gasteiger partial charge in [-0.3, -0.25) is 19.2 Å². The molecule has 2 bridgehead atoms. The number of halogens is 1. The second-order valence-corrected chi connectivity index (χ2v) is 9.43. The Morgan fingerprint density at radius 3 is 2.12 bits per heavy atom. The Morgan fingerprint density at radius 2 is 1.55 bits per heavy atom. The minimum Gasteiger partial charge on any atom is -0.292 e. The molecule has 33 heavy (non-hydrogen) atoms. The lowest BCUT2D eigenvalue weighted by Gasteiger charge is -2.35. The van der Waals surface area contributed by atoms with E-state index >= 15 is 0 Å². The summed E-state index contributed by atoms with van der Waals surface area (Å²) in [6.07, 6.45) is 4.75. The molecule has 0 radical (unpaired) electrons. The summed E-state index contributed by atoms with van der Waals surface area (Å²) < 4.78 is 0. The predicted molar refractivity (Wildman–Crippen MR) is 122 cm³/mol. The molecule has 7 heteroatoms. The van der Waals surface area contributed by atoms with Crippen molar-refractivity contribution in [3.05, 3.63) is 82.4 Å². The van der Waals surface area contributed by atoms with Crippen LogP contribution >= 0.6 is 11.6 Å². The van der Waals surface area contributed by atoms with Crippen molar-refractivity contribution < 1.29 is 19.2 Å². The summed E-state index contributed by atoms with van der Waals surface area (Å²) in [5, 5.41) is 2.12. The smallest absolute Gasteiger partial charge is 0.275 e. The average molecular weight is 463 g/mol. The van der Waals surface area contributed by atoms with Gasteiger partial charge < -0.3 is 0 Å². The lowest BCUT2D eigenvalue weighted by Crippen LogP contribution is -2.57. The van der Waals surface area contributed by atoms with E-state index in [1.807, 2.05) is 19.1 Å². The maximum Gasteiger partial charge on any atom is 0.275 e. The van der Waals surface area contributed by atoms with E-state index < -0.39 is 35.6 Å². The first-order valence-electron chi connectivity index (χ1n) is 11.0. The molecule has 0 aromatic heterocycles. The minimum absolute atomic E-state index is 0.0122. The molecule has 2 aromatic rings. The number of Topliss-reactive ketones (excluding diaryl/α,β-unsaturated/α-hetero) is 1. The lowest BCUT2D eigenvalue weighted by atomic mass is 9.85. The Balaban J connectivity index is 1.56. The van der Waals surface area contributed by atoms with Crippen molar-refractivity contribution >= 4 is 35.1 Å². The molecule has 3 amide bonds. The van der Waals surface area contributed by atoms with E-state index in [9.17, 15) is 19.2 Å². The van der Waals surface area contributed by atoms with Gasteiger partial charge in [0.05, 0.1) is 22.4 Å². The number of benzene rings is 2. The maximum atomic E-state index is 13.7. The number of rotatable bonds is 5. The van der Waals surface area contributed by atoms with Crippen molar-refractivity contribution in [1.29, 1.82) is 0 Å². The number of ketones is 1. The summed E-state index contributed by atoms with van der Waals surface area (Å²) in [5.41, 5.74) is 1.51. The first-order chi connectivity index (χ1) is 15.8. The summed E-state index contributed by atoms with van der Waals surface area (Å²) in [4.78, 5) is 54.1. The molecule has 3 aliphatic rings. The van der Waals surface area contributed by atoms with Crippen molar-refractivity contribution in [2.75, 3.05) is 0 Å². The first-order valence-corrected chi connectivity index (χ1v) is 11.4. The molecule has 1 saturated heterocycles. The standard InChI is InChI=1S/C26H23ClN2O4/c1-14-7-9-16(10-8-14)23(30)15(2)28(24(31)19-5-3-4-6-20(19)27)29-25(32)21-17-11-12-18(13-17)22(21)26(29)33/h3-12,15,17-18,21-22H,13H2,1-2H3. The fourth-order valence-corrected chi connectivity index (χ4v) is 5.58. The fraction of sp³-hybridized carbons (Fsp3) is 0.308. The second-order valence-electron chi connectivity index (χ2n) is 9.02. The number of carbonyl (C=O) groups excluding carboxylic acids is 4. The van der Waals surface area contributed by atoms with Gasteiger partial charge in [0, 0.05) is 5.56 Å². The van der Waals surface area contributed by atoms with Crippen LogP contribution in [0.1, 0.15) is 39.6 Å². The Morgan fingerprint density at radius 1 is 0.970 bits per heavy atom. The summed E-state index contributed by atoms with van der Waals surface area (Å²) in [7, 11) is 0. The molecule has 5 unspecified atom stereocenters. The Labute approximate surface area is 196 Å². The number of hydrogen-bond acceptors (Lipinski definition) is 4. The minimum atomic E-state index is -1.09. The number of hydrazine groups is 1. The number of carbonyl (C=O) groups is 4. The number of imide groups is 1. The highest BCUT2D eigenvalue weighted by molar-refractivity contribution is 6.34. The maximum absolute atomic E-state index is 13.7. The Kier molecular flexibility index (Phi) is 5.20. The van der Waals surface area contributed by atoms with Gasteiger partial charge in [-0.1, -0.05) is 65.7 Å². The van der Waals surface area contributed by atoms with Gasteiger partial charge in [0.25, 0.3) is 17.7 Å². The van der Waals surface area contributed by atoms with E-state index in [-0.39, 0.29) is 28.2 Å². The van der Waals surface area contributed by atoms with Gasteiger partial charge >= 0.3 is 0 Å². The van der Waals surface area contributed by atoms with Crippen molar-refractivity contribution in [3.8, 4) is 0 Å². The normalized spacial score (nSPS) is 26.0. The number of hydrogen-bond donors (Lipinski definition) is 0. The van der Waals surface area contributed by atoms with Gasteiger partial charge in [0.15, 0.2) is 5.78 Å². The Hall–Kier alpha value is -3.25. The van der Waals surface area contributed by atoms with Crippen LogP contribution in [0, 0.1) is 30.6 Å². The zero-order valence-corrected chi connectivity index (χ0v) is 19.0. The molecule has 168 valence electrons. The van der Waals surface area contributed by atoms with Crippen LogP contribution in [0.4, 0.5) is 0 Å². The topological polar surface area (TPSA) is 74.8 Å². The molecule has 5 atom stereocenters. The average Bonchev–Trinajstić information content (AvgIpc) is 3.49. The van der Waals surface area contributed by atoms with Gasteiger partial charge in [0.1, 0.15) is 6.04 Å². The number of allylic oxidation sites excluding steroid dienone is 2. The lowest BCUT2D eigenvalue weighted by molar-refractivity contribution is -0.157. The molecular weight excluding hydrogens is 440 g/mol. The van der Waals surface area contributed by atoms with Crippen LogP contribution in [0.3, 0.4) is 0 Å². The molecule has 6 nitrogen and oxygen atoms in total. The van der Waals surface area contributed by atoms with E-state index in [2.05, 4.69) is 0 Å². The van der Waals surface area contributed by atoms with Gasteiger partial charge in [-0.25, -0.2) is 5.01 Å². The van der Waals surface area contributed by atoms with Gasteiger partial charge in [-0.15, -0.1) is 0 Å². The van der Waals surface area contributed by atoms with E-state index in [1.54, 1.807) is 49.4 Å². The largest absolute Gasteiger partial charge is 0.292 e. The van der Waals surface area contributed by atoms with E-state index in [0.717, 1.165) is 22.0 Å². The van der Waals surface area contributed by atoms with Crippen molar-refractivity contribution in [3.63, 3.8) is 0 Å². The van der Waals surface area contributed by atoms with Crippen molar-refractivity contribution in [1.82, 2.24) is 10.0 Å². The van der Waals surface area contributed by atoms with Crippen LogP contribution in [0.15, 0.2) is 60.7 Å². The molecule has 0 spiro atoms. The highest BCUT2D eigenvalue weighted by atomic mass is 35.5. The molecule has 2 aromatic carbocycles. The SMILES string of the molecule is Cc1ccc(C(=O)C(C)N(C(=O)c2ccccc2Cl)N2C(=O)C3C4C=CC(C4)C3C2=O)cc1.